The number of rotatable bonds is 30. The topological polar surface area (TPSA) is 128 Å². The van der Waals surface area contributed by atoms with Crippen molar-refractivity contribution >= 4 is 5.97 Å². The van der Waals surface area contributed by atoms with Gasteiger partial charge in [0, 0.05) is 0 Å². The summed E-state index contributed by atoms with van der Waals surface area (Å²) in [7, 11) is 0. The van der Waals surface area contributed by atoms with E-state index in [4.69, 9.17) is 56.8 Å². The Hall–Kier alpha value is -5.05. The second kappa shape index (κ2) is 35.1. The van der Waals surface area contributed by atoms with Gasteiger partial charge >= 0.3 is 5.97 Å². The van der Waals surface area contributed by atoms with E-state index >= 15 is 0 Å². The molecule has 1 aliphatic rings. The maximum absolute atomic E-state index is 14.1. The standard InChI is InChI=1S/C57H80O13/c1-4-7-10-13-28-63-50-22-16-46(17-23-50)41-67-54-39-49(57(58)70-45-53-44-62-36-35-60-32-31-59-33-34-61-37-38-66-53)40-55(68-42-47-18-24-51(25-19-47)64-29-14-11-8-5-2)56(54)69-43-48-20-26-52(27-21-48)65-30-15-12-9-6-3/h16-27,39-40,53H,4-15,28-38,41-45H2,1-3H3. The number of benzene rings is 4. The monoisotopic (exact) mass is 973 g/mol. The van der Waals surface area contributed by atoms with Crippen molar-refractivity contribution in [3.05, 3.63) is 107 Å². The highest BCUT2D eigenvalue weighted by Crippen LogP contribution is 2.41. The lowest BCUT2D eigenvalue weighted by atomic mass is 10.1. The van der Waals surface area contributed by atoms with Crippen molar-refractivity contribution in [2.75, 3.05) is 85.9 Å². The first-order valence-corrected chi connectivity index (χ1v) is 25.9. The lowest BCUT2D eigenvalue weighted by Crippen LogP contribution is -2.29. The molecule has 4 aromatic rings. The highest BCUT2D eigenvalue weighted by molar-refractivity contribution is 5.91. The van der Waals surface area contributed by atoms with E-state index < -0.39 is 12.1 Å². The van der Waals surface area contributed by atoms with Gasteiger partial charge in [0.15, 0.2) is 11.5 Å². The predicted molar refractivity (Wildman–Crippen MR) is 271 cm³/mol. The van der Waals surface area contributed by atoms with Crippen LogP contribution in [0.15, 0.2) is 84.9 Å². The smallest absolute Gasteiger partial charge is 0.338 e. The molecule has 4 aromatic carbocycles. The Labute approximate surface area is 417 Å². The third-order valence-corrected chi connectivity index (χ3v) is 11.4. The minimum absolute atomic E-state index is 0.0636. The maximum atomic E-state index is 14.1. The number of carbonyl (C=O) groups excluding carboxylic acids is 1. The minimum atomic E-state index is -0.594. The lowest BCUT2D eigenvalue weighted by Gasteiger charge is -2.20. The van der Waals surface area contributed by atoms with Crippen molar-refractivity contribution in [2.24, 2.45) is 0 Å². The van der Waals surface area contributed by atoms with Gasteiger partial charge in [0.05, 0.1) is 84.8 Å². The van der Waals surface area contributed by atoms with Crippen LogP contribution in [-0.2, 0) is 48.2 Å². The molecular formula is C57H80O13. The van der Waals surface area contributed by atoms with Gasteiger partial charge in [-0.1, -0.05) is 115 Å². The summed E-state index contributed by atoms with van der Waals surface area (Å²) in [5, 5.41) is 0. The van der Waals surface area contributed by atoms with Crippen molar-refractivity contribution in [3.63, 3.8) is 0 Å². The predicted octanol–water partition coefficient (Wildman–Crippen LogP) is 11.9. The zero-order valence-electron chi connectivity index (χ0n) is 42.3. The van der Waals surface area contributed by atoms with E-state index in [0.717, 1.165) is 72.5 Å². The average Bonchev–Trinajstić information content (AvgIpc) is 3.40. The molecule has 0 aromatic heterocycles. The van der Waals surface area contributed by atoms with Crippen molar-refractivity contribution in [1.29, 1.82) is 0 Å². The average molecular weight is 973 g/mol. The van der Waals surface area contributed by atoms with Crippen LogP contribution in [0, 0.1) is 0 Å². The lowest BCUT2D eigenvalue weighted by molar-refractivity contribution is -0.0689. The molecule has 0 saturated carbocycles. The largest absolute Gasteiger partial charge is 0.494 e. The van der Waals surface area contributed by atoms with E-state index in [1.807, 2.05) is 72.8 Å². The van der Waals surface area contributed by atoms with Crippen molar-refractivity contribution in [3.8, 4) is 34.5 Å². The highest BCUT2D eigenvalue weighted by atomic mass is 16.6. The van der Waals surface area contributed by atoms with Gasteiger partial charge in [-0.05, 0) is 84.5 Å². The molecule has 386 valence electrons. The van der Waals surface area contributed by atoms with E-state index in [9.17, 15) is 4.79 Å². The molecular weight excluding hydrogens is 893 g/mol. The van der Waals surface area contributed by atoms with Crippen LogP contribution in [0.4, 0.5) is 0 Å². The normalized spacial score (nSPS) is 15.0. The molecule has 1 atom stereocenters. The van der Waals surface area contributed by atoms with Crippen LogP contribution in [-0.4, -0.2) is 98.0 Å². The van der Waals surface area contributed by atoms with Crippen LogP contribution in [0.5, 0.6) is 34.5 Å². The highest BCUT2D eigenvalue weighted by Gasteiger charge is 2.22. The molecule has 0 N–H and O–H groups in total. The first kappa shape index (κ1) is 55.9. The van der Waals surface area contributed by atoms with E-state index in [-0.39, 0.29) is 45.2 Å². The van der Waals surface area contributed by atoms with E-state index in [1.54, 1.807) is 12.1 Å². The molecule has 0 amide bonds. The van der Waals surface area contributed by atoms with Gasteiger partial charge in [-0.2, -0.15) is 0 Å². The Morgan fingerprint density at radius 2 is 0.843 bits per heavy atom. The summed E-state index contributed by atoms with van der Waals surface area (Å²) in [4.78, 5) is 14.1. The quantitative estimate of drug-likeness (QED) is 0.0364. The Morgan fingerprint density at radius 3 is 1.26 bits per heavy atom. The first-order chi connectivity index (χ1) is 34.5. The Kier molecular flexibility index (Phi) is 28.0. The molecule has 13 heteroatoms. The van der Waals surface area contributed by atoms with Crippen molar-refractivity contribution in [1.82, 2.24) is 0 Å². The van der Waals surface area contributed by atoms with Crippen molar-refractivity contribution < 1.29 is 61.6 Å². The van der Waals surface area contributed by atoms with E-state index in [2.05, 4.69) is 20.8 Å². The van der Waals surface area contributed by atoms with Gasteiger partial charge in [0.2, 0.25) is 5.75 Å². The van der Waals surface area contributed by atoms with E-state index in [0.29, 0.717) is 83.3 Å². The number of hydrogen-bond donors (Lipinski definition) is 0. The van der Waals surface area contributed by atoms with Gasteiger partial charge < -0.3 is 56.8 Å². The van der Waals surface area contributed by atoms with E-state index in [1.165, 1.54) is 38.5 Å². The number of unbranched alkanes of at least 4 members (excludes halogenated alkanes) is 9. The summed E-state index contributed by atoms with van der Waals surface area (Å²) in [6.07, 6.45) is 13.1. The van der Waals surface area contributed by atoms with Crippen LogP contribution in [0.1, 0.15) is 125 Å². The number of hydrogen-bond acceptors (Lipinski definition) is 13. The zero-order valence-corrected chi connectivity index (χ0v) is 42.3. The molecule has 1 aliphatic heterocycles. The molecule has 0 radical (unpaired) electrons. The molecule has 1 saturated heterocycles. The first-order valence-electron chi connectivity index (χ1n) is 25.9. The molecule has 0 spiro atoms. The van der Waals surface area contributed by atoms with Crippen molar-refractivity contribution in [2.45, 2.75) is 124 Å². The summed E-state index contributed by atoms with van der Waals surface area (Å²) in [5.41, 5.74) is 2.94. The molecule has 1 unspecified atom stereocenters. The fourth-order valence-corrected chi connectivity index (χ4v) is 7.28. The summed E-state index contributed by atoms with van der Waals surface area (Å²) in [6, 6.07) is 26.9. The Bertz CT molecular complexity index is 1860. The van der Waals surface area contributed by atoms with Crippen LogP contribution < -0.4 is 28.4 Å². The molecule has 1 fully saturated rings. The molecule has 13 nitrogen and oxygen atoms in total. The summed E-state index contributed by atoms with van der Waals surface area (Å²) in [5.74, 6) is 2.79. The molecule has 1 heterocycles. The fraction of sp³-hybridized carbons (Fsp3) is 0.561. The van der Waals surface area contributed by atoms with Crippen LogP contribution in [0.25, 0.3) is 0 Å². The summed E-state index contributed by atoms with van der Waals surface area (Å²) < 4.78 is 72.3. The Balaban J connectivity index is 1.37. The third-order valence-electron chi connectivity index (χ3n) is 11.4. The fourth-order valence-electron chi connectivity index (χ4n) is 7.28. The van der Waals surface area contributed by atoms with Crippen LogP contribution in [0.2, 0.25) is 0 Å². The molecule has 0 aliphatic carbocycles. The number of ether oxygens (including phenoxy) is 12. The molecule has 0 bridgehead atoms. The zero-order chi connectivity index (χ0) is 49.1. The molecule has 70 heavy (non-hydrogen) atoms. The molecule has 5 rings (SSSR count). The van der Waals surface area contributed by atoms with Crippen LogP contribution >= 0.6 is 0 Å². The second-order valence-electron chi connectivity index (χ2n) is 17.3. The van der Waals surface area contributed by atoms with Crippen LogP contribution in [0.3, 0.4) is 0 Å². The third kappa shape index (κ3) is 22.8. The summed E-state index contributed by atoms with van der Waals surface area (Å²) >= 11 is 0. The second-order valence-corrected chi connectivity index (χ2v) is 17.3. The SMILES string of the molecule is CCCCCCOc1ccc(COc2cc(C(=O)OCC3COCCOCCOCCOCCO3)cc(OCc3ccc(OCCCCCC)cc3)c2OCc2ccc(OCCCCCC)cc2)cc1. The maximum Gasteiger partial charge on any atom is 0.338 e. The van der Waals surface area contributed by atoms with Gasteiger partial charge in [-0.3, -0.25) is 0 Å². The van der Waals surface area contributed by atoms with Gasteiger partial charge in [0.25, 0.3) is 0 Å². The van der Waals surface area contributed by atoms with Gasteiger partial charge in [-0.15, -0.1) is 0 Å². The van der Waals surface area contributed by atoms with Gasteiger partial charge in [-0.25, -0.2) is 4.79 Å². The number of carbonyl (C=O) groups is 1. The van der Waals surface area contributed by atoms with Gasteiger partial charge in [0.1, 0.15) is 49.8 Å². The number of esters is 1. The Morgan fingerprint density at radius 1 is 0.457 bits per heavy atom. The summed E-state index contributed by atoms with van der Waals surface area (Å²) in [6.45, 7) is 12.6. The minimum Gasteiger partial charge on any atom is -0.494 e.